The van der Waals surface area contributed by atoms with Gasteiger partial charge in [0.05, 0.1) is 0 Å². The Hall–Kier alpha value is -1.96. The third kappa shape index (κ3) is 4.02. The summed E-state index contributed by atoms with van der Waals surface area (Å²) in [4.78, 5) is 0. The first-order valence-electron chi connectivity index (χ1n) is 7.01. The number of ether oxygens (including phenoxy) is 2. The molecule has 0 amide bonds. The highest BCUT2D eigenvalue weighted by molar-refractivity contribution is 5.27. The molecule has 0 fully saturated rings. The summed E-state index contributed by atoms with van der Waals surface area (Å²) in [7, 11) is 0. The quantitative estimate of drug-likeness (QED) is 0.794. The van der Waals surface area contributed by atoms with E-state index >= 15 is 0 Å². The van der Waals surface area contributed by atoms with Crippen LogP contribution in [-0.2, 0) is 0 Å². The molecule has 106 valence electrons. The van der Waals surface area contributed by atoms with Gasteiger partial charge in [0.1, 0.15) is 23.7 Å². The molecule has 2 nitrogen and oxygen atoms in total. The summed E-state index contributed by atoms with van der Waals surface area (Å²) in [6, 6.07) is 16.2. The molecule has 0 bridgehead atoms. The minimum Gasteiger partial charge on any atom is -0.487 e. The summed E-state index contributed by atoms with van der Waals surface area (Å²) in [5.74, 6) is 1.75. The normalized spacial score (nSPS) is 13.6. The third-order valence-electron chi connectivity index (χ3n) is 3.35. The molecule has 2 aromatic carbocycles. The van der Waals surface area contributed by atoms with Crippen LogP contribution >= 0.6 is 0 Å². The van der Waals surface area contributed by atoms with Crippen molar-refractivity contribution in [1.29, 1.82) is 0 Å². The standard InChI is InChI=1S/C18H22O2/c1-13-5-9-17(10-6-13)19-15(3)16(4)20-18-11-7-14(2)8-12-18/h5-12,15-16H,1-4H3. The fraction of sp³-hybridized carbons (Fsp3) is 0.333. The van der Waals surface area contributed by atoms with Gasteiger partial charge < -0.3 is 9.47 Å². The van der Waals surface area contributed by atoms with Crippen molar-refractivity contribution in [3.63, 3.8) is 0 Å². The van der Waals surface area contributed by atoms with Crippen molar-refractivity contribution in [2.24, 2.45) is 0 Å². The van der Waals surface area contributed by atoms with Crippen molar-refractivity contribution in [1.82, 2.24) is 0 Å². The first kappa shape index (κ1) is 14.4. The van der Waals surface area contributed by atoms with E-state index in [2.05, 4.69) is 13.8 Å². The van der Waals surface area contributed by atoms with Gasteiger partial charge >= 0.3 is 0 Å². The van der Waals surface area contributed by atoms with E-state index in [1.54, 1.807) is 0 Å². The Bertz CT molecular complexity index is 477. The van der Waals surface area contributed by atoms with E-state index in [-0.39, 0.29) is 12.2 Å². The van der Waals surface area contributed by atoms with E-state index in [0.717, 1.165) is 11.5 Å². The van der Waals surface area contributed by atoms with Gasteiger partial charge in [0.25, 0.3) is 0 Å². The minimum absolute atomic E-state index is 0.0148. The second-order valence-electron chi connectivity index (χ2n) is 5.27. The molecule has 0 aliphatic heterocycles. The molecule has 0 spiro atoms. The van der Waals surface area contributed by atoms with Crippen LogP contribution in [0.3, 0.4) is 0 Å². The van der Waals surface area contributed by atoms with E-state index in [4.69, 9.17) is 9.47 Å². The Morgan fingerprint density at radius 3 is 1.20 bits per heavy atom. The van der Waals surface area contributed by atoms with Crippen LogP contribution in [-0.4, -0.2) is 12.2 Å². The maximum Gasteiger partial charge on any atom is 0.132 e. The Kier molecular flexibility index (Phi) is 4.67. The van der Waals surface area contributed by atoms with Gasteiger partial charge in [0.15, 0.2) is 0 Å². The number of aryl methyl sites for hydroxylation is 2. The summed E-state index contributed by atoms with van der Waals surface area (Å²) in [5.41, 5.74) is 2.46. The maximum atomic E-state index is 5.90. The largest absolute Gasteiger partial charge is 0.487 e. The number of hydrogen-bond donors (Lipinski definition) is 0. The topological polar surface area (TPSA) is 18.5 Å². The lowest BCUT2D eigenvalue weighted by Gasteiger charge is -2.23. The predicted molar refractivity (Wildman–Crippen MR) is 82.5 cm³/mol. The molecular weight excluding hydrogens is 248 g/mol. The molecule has 0 radical (unpaired) electrons. The van der Waals surface area contributed by atoms with Crippen molar-refractivity contribution in [2.75, 3.05) is 0 Å². The summed E-state index contributed by atoms with van der Waals surface area (Å²) in [6.45, 7) is 8.18. The zero-order chi connectivity index (χ0) is 14.5. The zero-order valence-electron chi connectivity index (χ0n) is 12.6. The van der Waals surface area contributed by atoms with Crippen LogP contribution in [0.5, 0.6) is 11.5 Å². The molecule has 2 rings (SSSR count). The molecule has 0 aromatic heterocycles. The second kappa shape index (κ2) is 6.47. The molecule has 0 heterocycles. The Morgan fingerprint density at radius 1 is 0.600 bits per heavy atom. The Labute approximate surface area is 121 Å². The molecule has 20 heavy (non-hydrogen) atoms. The monoisotopic (exact) mass is 270 g/mol. The highest BCUT2D eigenvalue weighted by atomic mass is 16.5. The molecular formula is C18H22O2. The summed E-state index contributed by atoms with van der Waals surface area (Å²) >= 11 is 0. The molecule has 2 heteroatoms. The van der Waals surface area contributed by atoms with Gasteiger partial charge in [0.2, 0.25) is 0 Å². The first-order valence-corrected chi connectivity index (χ1v) is 7.01. The summed E-state index contributed by atoms with van der Waals surface area (Å²) in [5, 5.41) is 0. The minimum atomic E-state index is -0.0148. The van der Waals surface area contributed by atoms with Gasteiger partial charge in [-0.25, -0.2) is 0 Å². The van der Waals surface area contributed by atoms with Crippen LogP contribution in [0.15, 0.2) is 48.5 Å². The lowest BCUT2D eigenvalue weighted by molar-refractivity contribution is 0.0779. The number of benzene rings is 2. The van der Waals surface area contributed by atoms with Gasteiger partial charge in [0, 0.05) is 0 Å². The number of hydrogen-bond acceptors (Lipinski definition) is 2. The van der Waals surface area contributed by atoms with Crippen molar-refractivity contribution < 1.29 is 9.47 Å². The van der Waals surface area contributed by atoms with E-state index < -0.39 is 0 Å². The second-order valence-corrected chi connectivity index (χ2v) is 5.27. The Balaban J connectivity index is 1.93. The predicted octanol–water partition coefficient (Wildman–Crippen LogP) is 4.54. The molecule has 0 saturated heterocycles. The van der Waals surface area contributed by atoms with E-state index in [0.29, 0.717) is 0 Å². The summed E-state index contributed by atoms with van der Waals surface area (Å²) < 4.78 is 11.8. The average molecular weight is 270 g/mol. The van der Waals surface area contributed by atoms with Crippen molar-refractivity contribution in [3.8, 4) is 11.5 Å². The van der Waals surface area contributed by atoms with Crippen molar-refractivity contribution in [3.05, 3.63) is 59.7 Å². The van der Waals surface area contributed by atoms with Crippen LogP contribution in [0.4, 0.5) is 0 Å². The fourth-order valence-corrected chi connectivity index (χ4v) is 1.85. The molecule has 0 aliphatic rings. The van der Waals surface area contributed by atoms with Crippen LogP contribution in [0, 0.1) is 13.8 Å². The third-order valence-corrected chi connectivity index (χ3v) is 3.35. The molecule has 0 aliphatic carbocycles. The first-order chi connectivity index (χ1) is 9.54. The van der Waals surface area contributed by atoms with Crippen molar-refractivity contribution >= 4 is 0 Å². The molecule has 0 N–H and O–H groups in total. The van der Waals surface area contributed by atoms with E-state index in [9.17, 15) is 0 Å². The molecule has 2 unspecified atom stereocenters. The highest BCUT2D eigenvalue weighted by Gasteiger charge is 2.15. The zero-order valence-corrected chi connectivity index (χ0v) is 12.6. The van der Waals surface area contributed by atoms with Crippen molar-refractivity contribution in [2.45, 2.75) is 39.9 Å². The van der Waals surface area contributed by atoms with Gasteiger partial charge in [-0.1, -0.05) is 35.4 Å². The van der Waals surface area contributed by atoms with E-state index in [1.165, 1.54) is 11.1 Å². The summed E-state index contributed by atoms with van der Waals surface area (Å²) in [6.07, 6.45) is -0.0296. The van der Waals surface area contributed by atoms with Crippen LogP contribution in [0.25, 0.3) is 0 Å². The number of rotatable bonds is 5. The van der Waals surface area contributed by atoms with Gasteiger partial charge in [-0.05, 0) is 52.0 Å². The lowest BCUT2D eigenvalue weighted by Crippen LogP contribution is -2.31. The lowest BCUT2D eigenvalue weighted by atomic mass is 10.2. The SMILES string of the molecule is Cc1ccc(OC(C)C(C)Oc2ccc(C)cc2)cc1. The molecule has 0 saturated carbocycles. The smallest absolute Gasteiger partial charge is 0.132 e. The fourth-order valence-electron chi connectivity index (χ4n) is 1.85. The molecule has 2 atom stereocenters. The average Bonchev–Trinajstić information content (AvgIpc) is 2.44. The molecule has 2 aromatic rings. The van der Waals surface area contributed by atoms with Crippen LogP contribution in [0.1, 0.15) is 25.0 Å². The van der Waals surface area contributed by atoms with Gasteiger partial charge in [-0.2, -0.15) is 0 Å². The van der Waals surface area contributed by atoms with Crippen LogP contribution in [0.2, 0.25) is 0 Å². The van der Waals surface area contributed by atoms with Crippen LogP contribution < -0.4 is 9.47 Å². The Morgan fingerprint density at radius 2 is 0.900 bits per heavy atom. The highest BCUT2D eigenvalue weighted by Crippen LogP contribution is 2.18. The maximum absolute atomic E-state index is 5.90. The van der Waals surface area contributed by atoms with E-state index in [1.807, 2.05) is 62.4 Å². The van der Waals surface area contributed by atoms with Gasteiger partial charge in [-0.3, -0.25) is 0 Å². The van der Waals surface area contributed by atoms with Gasteiger partial charge in [-0.15, -0.1) is 0 Å².